The summed E-state index contributed by atoms with van der Waals surface area (Å²) in [5.74, 6) is 1.69. The number of halogens is 2. The molecule has 0 atom stereocenters. The van der Waals surface area contributed by atoms with Crippen LogP contribution in [0.5, 0.6) is 11.5 Å². The van der Waals surface area contributed by atoms with Crippen LogP contribution in [0.2, 0.25) is 5.02 Å². The number of carbonyl (C=O) groups is 1. The summed E-state index contributed by atoms with van der Waals surface area (Å²) in [6.45, 7) is 4.57. The molecule has 1 aromatic carbocycles. The molecule has 1 fully saturated rings. The van der Waals surface area contributed by atoms with Crippen LogP contribution in [0.3, 0.4) is 0 Å². The average molecular weight is 510 g/mol. The molecule has 3 rings (SSSR count). The van der Waals surface area contributed by atoms with Crippen molar-refractivity contribution in [1.29, 1.82) is 0 Å². The zero-order valence-electron chi connectivity index (χ0n) is 18.1. The zero-order valence-corrected chi connectivity index (χ0v) is 20.4. The van der Waals surface area contributed by atoms with E-state index in [1.54, 1.807) is 12.4 Å². The highest BCUT2D eigenvalue weighted by atomic mass is 79.9. The van der Waals surface area contributed by atoms with Crippen molar-refractivity contribution in [3.05, 3.63) is 52.2 Å². The number of carbonyl (C=O) groups excluding carboxylic acids is 1. The van der Waals surface area contributed by atoms with Gasteiger partial charge in [0.05, 0.1) is 18.9 Å². The quantitative estimate of drug-likeness (QED) is 0.410. The molecule has 0 aliphatic heterocycles. The average Bonchev–Trinajstić information content (AvgIpc) is 2.74. The molecule has 1 saturated carbocycles. The Morgan fingerprint density at radius 3 is 2.55 bits per heavy atom. The second-order valence-corrected chi connectivity index (χ2v) is 10.0. The minimum Gasteiger partial charge on any atom is -0.494 e. The molecule has 0 spiro atoms. The van der Waals surface area contributed by atoms with Crippen LogP contribution >= 0.6 is 27.5 Å². The van der Waals surface area contributed by atoms with Crippen molar-refractivity contribution >= 4 is 33.4 Å². The van der Waals surface area contributed by atoms with E-state index < -0.39 is 5.41 Å². The summed E-state index contributed by atoms with van der Waals surface area (Å²) in [4.78, 5) is 17.0. The molecule has 0 unspecified atom stereocenters. The summed E-state index contributed by atoms with van der Waals surface area (Å²) in [6.07, 6.45) is 8.91. The molecule has 1 heterocycles. The third-order valence-corrected chi connectivity index (χ3v) is 6.32. The lowest BCUT2D eigenvalue weighted by molar-refractivity contribution is -0.130. The van der Waals surface area contributed by atoms with Crippen LogP contribution in [0.15, 0.2) is 47.2 Å². The molecule has 0 bridgehead atoms. The number of benzene rings is 1. The van der Waals surface area contributed by atoms with Gasteiger partial charge in [-0.15, -0.1) is 0 Å². The first-order valence-corrected chi connectivity index (χ1v) is 12.0. The molecule has 168 valence electrons. The highest BCUT2D eigenvalue weighted by Gasteiger charge is 2.31. The fourth-order valence-electron chi connectivity index (χ4n) is 3.70. The first-order chi connectivity index (χ1) is 14.8. The molecule has 0 saturated heterocycles. The van der Waals surface area contributed by atoms with E-state index >= 15 is 0 Å². The van der Waals surface area contributed by atoms with Crippen LogP contribution in [-0.2, 0) is 4.79 Å². The van der Waals surface area contributed by atoms with Crippen molar-refractivity contribution in [2.75, 3.05) is 6.61 Å². The Kier molecular flexibility index (Phi) is 8.61. The highest BCUT2D eigenvalue weighted by Crippen LogP contribution is 2.28. The monoisotopic (exact) mass is 508 g/mol. The highest BCUT2D eigenvalue weighted by molar-refractivity contribution is 9.10. The summed E-state index contributed by atoms with van der Waals surface area (Å²) in [7, 11) is 0. The minimum absolute atomic E-state index is 0.111. The number of hydrogen-bond donors (Lipinski definition) is 1. The van der Waals surface area contributed by atoms with Gasteiger partial charge in [-0.2, -0.15) is 0 Å². The van der Waals surface area contributed by atoms with Crippen molar-refractivity contribution in [2.24, 2.45) is 5.41 Å². The lowest BCUT2D eigenvalue weighted by atomic mass is 9.85. The summed E-state index contributed by atoms with van der Waals surface area (Å²) < 4.78 is 12.7. The molecule has 1 amide bonds. The zero-order chi connectivity index (χ0) is 22.3. The summed E-state index contributed by atoms with van der Waals surface area (Å²) >= 11 is 9.30. The maximum Gasteiger partial charge on any atom is 0.225 e. The molecule has 1 aliphatic carbocycles. The van der Waals surface area contributed by atoms with Gasteiger partial charge in [-0.05, 0) is 84.8 Å². The standard InChI is InChI=1S/C24H30BrClN2O3/c1-24(2,12-3-13-30-20-8-4-18(26)5-9-20)23(29)28-19-6-10-21(11-7-19)31-22-14-17(25)15-27-16-22/h4-5,8-9,14-16,19,21H,3,6-7,10-13H2,1-2H3,(H,28,29)/t19-,21-. The van der Waals surface area contributed by atoms with Crippen LogP contribution in [0.4, 0.5) is 0 Å². The van der Waals surface area contributed by atoms with E-state index in [4.69, 9.17) is 21.1 Å². The van der Waals surface area contributed by atoms with E-state index in [2.05, 4.69) is 26.2 Å². The van der Waals surface area contributed by atoms with Crippen molar-refractivity contribution in [2.45, 2.75) is 64.5 Å². The van der Waals surface area contributed by atoms with E-state index in [9.17, 15) is 4.79 Å². The Morgan fingerprint density at radius 1 is 1.16 bits per heavy atom. The fourth-order valence-corrected chi connectivity index (χ4v) is 4.17. The molecule has 0 radical (unpaired) electrons. The Labute approximate surface area is 198 Å². The van der Waals surface area contributed by atoms with Gasteiger partial charge >= 0.3 is 0 Å². The molecule has 7 heteroatoms. The minimum atomic E-state index is -0.432. The summed E-state index contributed by atoms with van der Waals surface area (Å²) in [6, 6.07) is 9.46. The van der Waals surface area contributed by atoms with E-state index in [-0.39, 0.29) is 18.1 Å². The van der Waals surface area contributed by atoms with Crippen molar-refractivity contribution in [3.8, 4) is 11.5 Å². The van der Waals surface area contributed by atoms with Gasteiger partial charge in [-0.1, -0.05) is 25.4 Å². The topological polar surface area (TPSA) is 60.5 Å². The predicted molar refractivity (Wildman–Crippen MR) is 127 cm³/mol. The number of pyridine rings is 1. The van der Waals surface area contributed by atoms with Gasteiger partial charge in [0.25, 0.3) is 0 Å². The fraction of sp³-hybridized carbons (Fsp3) is 0.500. The predicted octanol–water partition coefficient (Wildman–Crippen LogP) is 6.19. The van der Waals surface area contributed by atoms with Crippen LogP contribution < -0.4 is 14.8 Å². The van der Waals surface area contributed by atoms with Crippen LogP contribution in [0.25, 0.3) is 0 Å². The molecular formula is C24H30BrClN2O3. The lowest BCUT2D eigenvalue weighted by Crippen LogP contribution is -2.45. The first-order valence-electron chi connectivity index (χ1n) is 10.8. The molecule has 5 nitrogen and oxygen atoms in total. The smallest absolute Gasteiger partial charge is 0.225 e. The van der Waals surface area contributed by atoms with Gasteiger partial charge in [-0.25, -0.2) is 0 Å². The number of amides is 1. The number of nitrogens with one attached hydrogen (secondary N) is 1. The number of hydrogen-bond acceptors (Lipinski definition) is 4. The Morgan fingerprint density at radius 2 is 1.87 bits per heavy atom. The number of rotatable bonds is 9. The first kappa shape index (κ1) is 23.9. The molecule has 1 N–H and O–H groups in total. The Hall–Kier alpha value is -1.79. The molecule has 1 aliphatic rings. The van der Waals surface area contributed by atoms with Gasteiger partial charge in [0.15, 0.2) is 0 Å². The van der Waals surface area contributed by atoms with E-state index in [0.29, 0.717) is 11.6 Å². The number of ether oxygens (including phenoxy) is 2. The van der Waals surface area contributed by atoms with Gasteiger partial charge in [-0.3, -0.25) is 9.78 Å². The van der Waals surface area contributed by atoms with Gasteiger partial charge in [0, 0.05) is 27.1 Å². The largest absolute Gasteiger partial charge is 0.494 e. The number of nitrogens with zero attached hydrogens (tertiary/aromatic N) is 1. The normalized spacial score (nSPS) is 19.0. The van der Waals surface area contributed by atoms with E-state index in [0.717, 1.165) is 54.5 Å². The molecule has 1 aromatic heterocycles. The second-order valence-electron chi connectivity index (χ2n) is 8.69. The third-order valence-electron chi connectivity index (χ3n) is 5.64. The molecular weight excluding hydrogens is 480 g/mol. The Balaban J connectivity index is 1.36. The van der Waals surface area contributed by atoms with Gasteiger partial charge in [0.1, 0.15) is 11.5 Å². The maximum absolute atomic E-state index is 12.8. The third kappa shape index (κ3) is 7.69. The van der Waals surface area contributed by atoms with E-state index in [1.807, 2.05) is 44.2 Å². The van der Waals surface area contributed by atoms with Crippen molar-refractivity contribution in [3.63, 3.8) is 0 Å². The van der Waals surface area contributed by atoms with Gasteiger partial charge < -0.3 is 14.8 Å². The van der Waals surface area contributed by atoms with Crippen molar-refractivity contribution in [1.82, 2.24) is 10.3 Å². The van der Waals surface area contributed by atoms with Crippen molar-refractivity contribution < 1.29 is 14.3 Å². The Bertz CT molecular complexity index is 852. The van der Waals surface area contributed by atoms with Crippen LogP contribution in [-0.4, -0.2) is 29.6 Å². The van der Waals surface area contributed by atoms with Gasteiger partial charge in [0.2, 0.25) is 5.91 Å². The molecule has 31 heavy (non-hydrogen) atoms. The lowest BCUT2D eigenvalue weighted by Gasteiger charge is -2.32. The van der Waals surface area contributed by atoms with E-state index in [1.165, 1.54) is 0 Å². The SMILES string of the molecule is CC(C)(CCCOc1ccc(Cl)cc1)C(=O)N[C@H]1CC[C@H](Oc2cncc(Br)c2)CC1. The van der Waals surface area contributed by atoms with Crippen LogP contribution in [0, 0.1) is 5.41 Å². The molecule has 2 aromatic rings. The second kappa shape index (κ2) is 11.2. The summed E-state index contributed by atoms with van der Waals surface area (Å²) in [5.41, 5.74) is -0.432. The maximum atomic E-state index is 12.8. The van der Waals surface area contributed by atoms with Crippen LogP contribution in [0.1, 0.15) is 52.4 Å². The number of aromatic nitrogens is 1. The summed E-state index contributed by atoms with van der Waals surface area (Å²) in [5, 5.41) is 3.94.